The zero-order valence-electron chi connectivity index (χ0n) is 22.2. The summed E-state index contributed by atoms with van der Waals surface area (Å²) in [7, 11) is -0.997. The molecule has 0 aliphatic heterocycles. The Morgan fingerprint density at radius 2 is 1.60 bits per heavy atom. The Morgan fingerprint density at radius 1 is 1.00 bits per heavy atom. The second kappa shape index (κ2) is 12.8. The number of alkyl halides is 3. The summed E-state index contributed by atoms with van der Waals surface area (Å²) in [6, 6.07) is 11.7. The van der Waals surface area contributed by atoms with Gasteiger partial charge in [-0.25, -0.2) is 13.2 Å². The van der Waals surface area contributed by atoms with Gasteiger partial charge in [-0.3, -0.25) is 9.52 Å². The minimum Gasteiger partial charge on any atom is -0.497 e. The molecular weight excluding hydrogens is 553 g/mol. The van der Waals surface area contributed by atoms with Gasteiger partial charge in [-0.05, 0) is 61.4 Å². The number of rotatable bonds is 9. The number of carboxylic acids is 1. The quantitative estimate of drug-likeness (QED) is 0.382. The molecule has 2 aromatic carbocycles. The van der Waals surface area contributed by atoms with Crippen LogP contribution in [-0.4, -0.2) is 52.3 Å². The predicted octanol–water partition coefficient (Wildman–Crippen LogP) is 4.87. The van der Waals surface area contributed by atoms with Crippen molar-refractivity contribution in [1.29, 1.82) is 0 Å². The van der Waals surface area contributed by atoms with Crippen molar-refractivity contribution < 1.29 is 45.8 Å². The van der Waals surface area contributed by atoms with Crippen molar-refractivity contribution in [2.45, 2.75) is 61.4 Å². The lowest BCUT2D eigenvalue weighted by molar-refractivity contribution is -0.192. The number of ether oxygens (including phenoxy) is 2. The van der Waals surface area contributed by atoms with Crippen molar-refractivity contribution in [2.75, 3.05) is 25.5 Å². The number of amides is 1. The van der Waals surface area contributed by atoms with Crippen LogP contribution in [0.1, 0.15) is 50.5 Å². The number of methoxy groups -OCH3 is 2. The maximum absolute atomic E-state index is 13.0. The zero-order chi connectivity index (χ0) is 29.6. The van der Waals surface area contributed by atoms with Gasteiger partial charge in [0.1, 0.15) is 16.4 Å². The summed E-state index contributed by atoms with van der Waals surface area (Å²) in [5.74, 6) is -1.44. The molecule has 0 aromatic heterocycles. The Hall–Kier alpha value is -3.48. The molecule has 2 aromatic rings. The number of sulfonamides is 1. The van der Waals surface area contributed by atoms with E-state index in [1.54, 1.807) is 24.3 Å². The van der Waals surface area contributed by atoms with Gasteiger partial charge in [-0.1, -0.05) is 31.4 Å². The molecule has 40 heavy (non-hydrogen) atoms. The van der Waals surface area contributed by atoms with Crippen LogP contribution in [0.2, 0.25) is 0 Å². The summed E-state index contributed by atoms with van der Waals surface area (Å²) in [6.07, 6.45) is 2.75. The van der Waals surface area contributed by atoms with Crippen LogP contribution in [0.15, 0.2) is 47.4 Å². The van der Waals surface area contributed by atoms with Gasteiger partial charge in [0, 0.05) is 18.3 Å². The van der Waals surface area contributed by atoms with Crippen molar-refractivity contribution in [3.8, 4) is 11.5 Å². The first-order chi connectivity index (χ1) is 18.8. The van der Waals surface area contributed by atoms with Crippen molar-refractivity contribution in [1.82, 2.24) is 5.32 Å². The lowest BCUT2D eigenvalue weighted by Crippen LogP contribution is -2.38. The van der Waals surface area contributed by atoms with Crippen LogP contribution in [-0.2, 0) is 25.0 Å². The van der Waals surface area contributed by atoms with Gasteiger partial charge in [0.15, 0.2) is 0 Å². The van der Waals surface area contributed by atoms with E-state index in [-0.39, 0.29) is 16.6 Å². The monoisotopic (exact) mass is 586 g/mol. The molecule has 2 aliphatic carbocycles. The highest BCUT2D eigenvalue weighted by atomic mass is 32.2. The topological polar surface area (TPSA) is 131 Å². The fraction of sp³-hybridized carbons (Fsp3) is 0.481. The molecule has 3 N–H and O–H groups in total. The minimum absolute atomic E-state index is 0.00539. The average molecular weight is 587 g/mol. The van der Waals surface area contributed by atoms with Gasteiger partial charge in [0.05, 0.1) is 19.6 Å². The highest BCUT2D eigenvalue weighted by Crippen LogP contribution is 2.48. The van der Waals surface area contributed by atoms with E-state index in [1.807, 2.05) is 12.1 Å². The molecule has 0 saturated heterocycles. The maximum Gasteiger partial charge on any atom is 0.490 e. The molecule has 9 nitrogen and oxygen atoms in total. The number of carbonyl (C=O) groups is 2. The van der Waals surface area contributed by atoms with E-state index in [2.05, 4.69) is 10.0 Å². The average Bonchev–Trinajstić information content (AvgIpc) is 3.74. The number of halogens is 3. The predicted molar refractivity (Wildman–Crippen MR) is 141 cm³/mol. The molecule has 0 radical (unpaired) electrons. The van der Waals surface area contributed by atoms with E-state index in [9.17, 15) is 26.4 Å². The number of nitrogens with one attached hydrogen (secondary N) is 2. The molecule has 0 heterocycles. The van der Waals surface area contributed by atoms with Crippen LogP contribution in [0.5, 0.6) is 11.5 Å². The Balaban J connectivity index is 0.000000559. The van der Waals surface area contributed by atoms with E-state index < -0.39 is 27.6 Å². The number of anilines is 1. The van der Waals surface area contributed by atoms with Crippen LogP contribution in [0, 0.1) is 5.92 Å². The first-order valence-corrected chi connectivity index (χ1v) is 14.2. The molecule has 2 fully saturated rings. The molecule has 4 rings (SSSR count). The van der Waals surface area contributed by atoms with Crippen molar-refractivity contribution in [3.05, 3.63) is 48.0 Å². The largest absolute Gasteiger partial charge is 0.497 e. The molecule has 0 atom stereocenters. The first-order valence-electron chi connectivity index (χ1n) is 12.8. The zero-order valence-corrected chi connectivity index (χ0v) is 23.0. The lowest BCUT2D eigenvalue weighted by Gasteiger charge is -2.23. The highest BCUT2D eigenvalue weighted by molar-refractivity contribution is 7.92. The molecule has 2 aliphatic rings. The second-order valence-corrected chi connectivity index (χ2v) is 11.4. The fourth-order valence-electron chi connectivity index (χ4n) is 4.63. The van der Waals surface area contributed by atoms with E-state index >= 15 is 0 Å². The molecule has 0 unspecified atom stereocenters. The van der Waals surface area contributed by atoms with E-state index in [1.165, 1.54) is 52.4 Å². The Kier molecular flexibility index (Phi) is 9.93. The third kappa shape index (κ3) is 7.80. The number of benzene rings is 2. The van der Waals surface area contributed by atoms with E-state index in [0.717, 1.165) is 24.9 Å². The highest BCUT2D eigenvalue weighted by Gasteiger charge is 2.51. The molecule has 2 saturated carbocycles. The number of hydrogen-bond donors (Lipinski definition) is 3. The second-order valence-electron chi connectivity index (χ2n) is 9.80. The Morgan fingerprint density at radius 3 is 2.10 bits per heavy atom. The molecule has 0 bridgehead atoms. The van der Waals surface area contributed by atoms with Crippen molar-refractivity contribution in [2.24, 2.45) is 5.92 Å². The van der Waals surface area contributed by atoms with Crippen LogP contribution in [0.4, 0.5) is 18.9 Å². The van der Waals surface area contributed by atoms with Crippen LogP contribution in [0.3, 0.4) is 0 Å². The molecule has 0 spiro atoms. The summed E-state index contributed by atoms with van der Waals surface area (Å²) in [5, 5.41) is 10.3. The maximum atomic E-state index is 13.0. The van der Waals surface area contributed by atoms with Gasteiger partial charge in [-0.2, -0.15) is 13.2 Å². The Labute approximate surface area is 231 Å². The molecule has 13 heteroatoms. The van der Waals surface area contributed by atoms with Gasteiger partial charge < -0.3 is 19.9 Å². The fourth-order valence-corrected chi connectivity index (χ4v) is 5.87. The Bertz CT molecular complexity index is 1290. The molecule has 1 amide bonds. The minimum atomic E-state index is -5.08. The number of hydrogen-bond acceptors (Lipinski definition) is 6. The normalized spacial score (nSPS) is 16.6. The standard InChI is InChI=1S/C25H32N2O5S.C2HF3O2/c1-31-21-12-13-22(32-2)23(16-21)33(29,30)27-20-10-8-19(9-11-20)25(14-15-25)24(28)26-17-18-6-4-3-5-7-18;3-2(4,5)1(6)7/h8-13,16,18,27H,3-7,14-15,17H2,1-2H3,(H,26,28);(H,6,7). The van der Waals surface area contributed by atoms with Gasteiger partial charge in [0.25, 0.3) is 10.0 Å². The molecular formula is C27H33F3N2O7S. The summed E-state index contributed by atoms with van der Waals surface area (Å²) in [4.78, 5) is 21.8. The number of carbonyl (C=O) groups excluding carboxylic acids is 1. The smallest absolute Gasteiger partial charge is 0.490 e. The summed E-state index contributed by atoms with van der Waals surface area (Å²) >= 11 is 0. The SMILES string of the molecule is COc1ccc(OC)c(S(=O)(=O)Nc2ccc(C3(C(=O)NCC4CCCCC4)CC3)cc2)c1.O=C(O)C(F)(F)F. The van der Waals surface area contributed by atoms with Crippen LogP contribution in [0.25, 0.3) is 0 Å². The van der Waals surface area contributed by atoms with E-state index in [4.69, 9.17) is 19.4 Å². The number of aliphatic carboxylic acids is 1. The first kappa shape index (κ1) is 31.1. The van der Waals surface area contributed by atoms with E-state index in [0.29, 0.717) is 17.4 Å². The van der Waals surface area contributed by atoms with Gasteiger partial charge in [-0.15, -0.1) is 0 Å². The van der Waals surface area contributed by atoms with Crippen LogP contribution < -0.4 is 19.5 Å². The summed E-state index contributed by atoms with van der Waals surface area (Å²) in [5.41, 5.74) is 0.856. The third-order valence-electron chi connectivity index (χ3n) is 7.05. The third-order valence-corrected chi connectivity index (χ3v) is 8.46. The van der Waals surface area contributed by atoms with Gasteiger partial charge in [0.2, 0.25) is 5.91 Å². The lowest BCUT2D eigenvalue weighted by atomic mass is 9.88. The van der Waals surface area contributed by atoms with Crippen molar-refractivity contribution in [3.63, 3.8) is 0 Å². The van der Waals surface area contributed by atoms with Crippen molar-refractivity contribution >= 4 is 27.6 Å². The van der Waals surface area contributed by atoms with Gasteiger partial charge >= 0.3 is 12.1 Å². The van der Waals surface area contributed by atoms with Crippen LogP contribution >= 0.6 is 0 Å². The summed E-state index contributed by atoms with van der Waals surface area (Å²) < 4.78 is 70.7. The number of carboxylic acid groups (broad SMARTS) is 1. The summed E-state index contributed by atoms with van der Waals surface area (Å²) in [6.45, 7) is 0.751. The molecule has 220 valence electrons.